The summed E-state index contributed by atoms with van der Waals surface area (Å²) in [4.78, 5) is 1.36. The van der Waals surface area contributed by atoms with E-state index >= 15 is 0 Å². The predicted molar refractivity (Wildman–Crippen MR) is 85.3 cm³/mol. The molecule has 0 spiro atoms. The lowest BCUT2D eigenvalue weighted by atomic mass is 10.1. The van der Waals surface area contributed by atoms with Gasteiger partial charge in [0.15, 0.2) is 5.82 Å². The number of tetrazole rings is 1. The maximum Gasteiger partial charge on any atom is 0.181 e. The molecule has 21 heavy (non-hydrogen) atoms. The van der Waals surface area contributed by atoms with Gasteiger partial charge in [-0.05, 0) is 53.4 Å². The van der Waals surface area contributed by atoms with Crippen LogP contribution in [0.15, 0.2) is 35.7 Å². The first-order valence-electron chi connectivity index (χ1n) is 6.78. The Bertz CT molecular complexity index is 746. The molecule has 0 saturated heterocycles. The maximum absolute atomic E-state index is 4.05. The number of aryl methyl sites for hydroxylation is 2. The first-order chi connectivity index (χ1) is 10.1. The maximum atomic E-state index is 4.05. The average molecular weight is 299 g/mol. The number of nitrogens with zero attached hydrogens (tertiary/aromatic N) is 4. The van der Waals surface area contributed by atoms with Gasteiger partial charge in [0.05, 0.1) is 6.04 Å². The van der Waals surface area contributed by atoms with Crippen LogP contribution in [0.2, 0.25) is 0 Å². The molecule has 1 N–H and O–H groups in total. The van der Waals surface area contributed by atoms with E-state index in [4.69, 9.17) is 0 Å². The zero-order chi connectivity index (χ0) is 14.8. The van der Waals surface area contributed by atoms with Gasteiger partial charge in [0.25, 0.3) is 0 Å². The normalized spacial score (nSPS) is 12.3. The topological polar surface area (TPSA) is 55.6 Å². The van der Waals surface area contributed by atoms with E-state index in [1.165, 1.54) is 10.4 Å². The SMILES string of the molecule is Cc1ccsc1C(C)Nc1cccc(-c2nnnn2C)c1. The van der Waals surface area contributed by atoms with E-state index in [-0.39, 0.29) is 6.04 Å². The van der Waals surface area contributed by atoms with E-state index in [1.54, 1.807) is 16.0 Å². The van der Waals surface area contributed by atoms with Gasteiger partial charge in [-0.1, -0.05) is 12.1 Å². The minimum Gasteiger partial charge on any atom is -0.378 e. The summed E-state index contributed by atoms with van der Waals surface area (Å²) in [6.07, 6.45) is 0. The first kappa shape index (κ1) is 13.8. The highest BCUT2D eigenvalue weighted by atomic mass is 32.1. The van der Waals surface area contributed by atoms with Crippen molar-refractivity contribution in [1.29, 1.82) is 0 Å². The van der Waals surface area contributed by atoms with Crippen LogP contribution in [-0.4, -0.2) is 20.2 Å². The van der Waals surface area contributed by atoms with Crippen LogP contribution in [0.4, 0.5) is 5.69 Å². The van der Waals surface area contributed by atoms with Crippen LogP contribution < -0.4 is 5.32 Å². The van der Waals surface area contributed by atoms with Crippen LogP contribution in [0.25, 0.3) is 11.4 Å². The number of nitrogens with one attached hydrogen (secondary N) is 1. The van der Waals surface area contributed by atoms with Crippen molar-refractivity contribution in [2.24, 2.45) is 7.05 Å². The number of benzene rings is 1. The van der Waals surface area contributed by atoms with Crippen molar-refractivity contribution in [2.75, 3.05) is 5.32 Å². The summed E-state index contributed by atoms with van der Waals surface area (Å²) >= 11 is 1.78. The van der Waals surface area contributed by atoms with E-state index in [2.05, 4.69) is 58.3 Å². The lowest BCUT2D eigenvalue weighted by Gasteiger charge is -2.15. The molecule has 3 aromatic rings. The van der Waals surface area contributed by atoms with Gasteiger partial charge in [-0.2, -0.15) is 0 Å². The highest BCUT2D eigenvalue weighted by Crippen LogP contribution is 2.28. The summed E-state index contributed by atoms with van der Waals surface area (Å²) < 4.78 is 1.67. The third-order valence-electron chi connectivity index (χ3n) is 3.42. The van der Waals surface area contributed by atoms with Gasteiger partial charge in [0, 0.05) is 23.2 Å². The van der Waals surface area contributed by atoms with E-state index in [0.29, 0.717) is 0 Å². The number of rotatable bonds is 4. The van der Waals surface area contributed by atoms with Crippen molar-refractivity contribution < 1.29 is 0 Å². The van der Waals surface area contributed by atoms with Crippen molar-refractivity contribution in [3.63, 3.8) is 0 Å². The van der Waals surface area contributed by atoms with Crippen LogP contribution in [-0.2, 0) is 7.05 Å². The Morgan fingerprint density at radius 2 is 2.14 bits per heavy atom. The lowest BCUT2D eigenvalue weighted by molar-refractivity contribution is 0.714. The van der Waals surface area contributed by atoms with Gasteiger partial charge < -0.3 is 5.32 Å². The number of thiophene rings is 1. The molecule has 0 aliphatic carbocycles. The largest absolute Gasteiger partial charge is 0.378 e. The van der Waals surface area contributed by atoms with Gasteiger partial charge in [0.2, 0.25) is 0 Å². The molecule has 6 heteroatoms. The van der Waals surface area contributed by atoms with Crippen molar-refractivity contribution in [2.45, 2.75) is 19.9 Å². The second-order valence-electron chi connectivity index (χ2n) is 5.04. The zero-order valence-corrected chi connectivity index (χ0v) is 13.1. The highest BCUT2D eigenvalue weighted by Gasteiger charge is 2.11. The molecule has 5 nitrogen and oxygen atoms in total. The summed E-state index contributed by atoms with van der Waals surface area (Å²) in [5, 5.41) is 17.3. The van der Waals surface area contributed by atoms with Crippen molar-refractivity contribution >= 4 is 17.0 Å². The molecule has 0 fully saturated rings. The second-order valence-corrected chi connectivity index (χ2v) is 5.99. The Kier molecular flexibility index (Phi) is 3.70. The molecule has 1 unspecified atom stereocenters. The molecule has 2 heterocycles. The summed E-state index contributed by atoms with van der Waals surface area (Å²) in [5.41, 5.74) is 3.40. The van der Waals surface area contributed by atoms with E-state index in [9.17, 15) is 0 Å². The van der Waals surface area contributed by atoms with Crippen LogP contribution in [0.1, 0.15) is 23.4 Å². The average Bonchev–Trinajstić information content (AvgIpc) is 3.07. The number of aromatic nitrogens is 4. The standard InChI is InChI=1S/C15H17N5S/c1-10-7-8-21-14(10)11(2)16-13-6-4-5-12(9-13)15-17-18-19-20(15)3/h4-9,11,16H,1-3H3. The molecule has 108 valence electrons. The smallest absolute Gasteiger partial charge is 0.181 e. The molecule has 1 aromatic carbocycles. The Morgan fingerprint density at radius 1 is 1.29 bits per heavy atom. The van der Waals surface area contributed by atoms with Crippen LogP contribution in [0.3, 0.4) is 0 Å². The molecule has 0 bridgehead atoms. The highest BCUT2D eigenvalue weighted by molar-refractivity contribution is 7.10. The van der Waals surface area contributed by atoms with Gasteiger partial charge in [-0.3, -0.25) is 0 Å². The monoisotopic (exact) mass is 299 g/mol. The number of hydrogen-bond acceptors (Lipinski definition) is 5. The Morgan fingerprint density at radius 3 is 2.81 bits per heavy atom. The van der Waals surface area contributed by atoms with Crippen molar-refractivity contribution in [1.82, 2.24) is 20.2 Å². The number of anilines is 1. The zero-order valence-electron chi connectivity index (χ0n) is 12.2. The fraction of sp³-hybridized carbons (Fsp3) is 0.267. The summed E-state index contributed by atoms with van der Waals surface area (Å²) in [6.45, 7) is 4.32. The number of hydrogen-bond donors (Lipinski definition) is 1. The third kappa shape index (κ3) is 2.80. The third-order valence-corrected chi connectivity index (χ3v) is 4.62. The van der Waals surface area contributed by atoms with Crippen LogP contribution >= 0.6 is 11.3 Å². The van der Waals surface area contributed by atoms with Crippen molar-refractivity contribution in [3.8, 4) is 11.4 Å². The molecule has 3 rings (SSSR count). The molecule has 0 aliphatic rings. The molecule has 0 radical (unpaired) electrons. The van der Waals surface area contributed by atoms with E-state index < -0.39 is 0 Å². The molecule has 0 saturated carbocycles. The fourth-order valence-corrected chi connectivity index (χ4v) is 3.30. The predicted octanol–water partition coefficient (Wildman–Crippen LogP) is 3.42. The van der Waals surface area contributed by atoms with Crippen LogP contribution in [0.5, 0.6) is 0 Å². The van der Waals surface area contributed by atoms with Crippen molar-refractivity contribution in [3.05, 3.63) is 46.2 Å². The van der Waals surface area contributed by atoms with E-state index in [0.717, 1.165) is 17.1 Å². The van der Waals surface area contributed by atoms with Gasteiger partial charge in [0.1, 0.15) is 0 Å². The minimum absolute atomic E-state index is 0.276. The Labute approximate surface area is 127 Å². The summed E-state index contributed by atoms with van der Waals surface area (Å²) in [5.74, 6) is 0.763. The Balaban J connectivity index is 1.84. The molecule has 2 aromatic heterocycles. The second kappa shape index (κ2) is 5.65. The fourth-order valence-electron chi connectivity index (χ4n) is 2.37. The Hall–Kier alpha value is -2.21. The van der Waals surface area contributed by atoms with Gasteiger partial charge in [-0.25, -0.2) is 4.68 Å². The molecule has 1 atom stereocenters. The minimum atomic E-state index is 0.276. The van der Waals surface area contributed by atoms with Gasteiger partial charge in [-0.15, -0.1) is 16.4 Å². The summed E-state index contributed by atoms with van der Waals surface area (Å²) in [6, 6.07) is 10.6. The quantitative estimate of drug-likeness (QED) is 0.802. The molecule has 0 amide bonds. The molecule has 0 aliphatic heterocycles. The van der Waals surface area contributed by atoms with E-state index in [1.807, 2.05) is 19.2 Å². The molecular weight excluding hydrogens is 282 g/mol. The van der Waals surface area contributed by atoms with Crippen LogP contribution in [0, 0.1) is 6.92 Å². The van der Waals surface area contributed by atoms with Gasteiger partial charge >= 0.3 is 0 Å². The molecular formula is C15H17N5S. The lowest BCUT2D eigenvalue weighted by Crippen LogP contribution is -2.06. The summed E-state index contributed by atoms with van der Waals surface area (Å²) in [7, 11) is 1.84. The first-order valence-corrected chi connectivity index (χ1v) is 7.66.